The summed E-state index contributed by atoms with van der Waals surface area (Å²) in [5.74, 6) is 0.870. The molecule has 2 aromatic carbocycles. The van der Waals surface area contributed by atoms with Crippen LogP contribution in [0.25, 0.3) is 10.8 Å². The molecule has 0 aliphatic carbocycles. The smallest absolute Gasteiger partial charge is 0.127 e. The van der Waals surface area contributed by atoms with Gasteiger partial charge < -0.3 is 10.5 Å². The molecular formula is C12H12BrNO. The van der Waals surface area contributed by atoms with Gasteiger partial charge in [0.1, 0.15) is 5.75 Å². The first-order valence-corrected chi connectivity index (χ1v) is 5.50. The molecule has 0 aliphatic rings. The molecule has 0 bridgehead atoms. The number of halogens is 1. The van der Waals surface area contributed by atoms with Gasteiger partial charge >= 0.3 is 0 Å². The Labute approximate surface area is 97.2 Å². The summed E-state index contributed by atoms with van der Waals surface area (Å²) < 4.78 is 6.41. The van der Waals surface area contributed by atoms with Gasteiger partial charge in [0.15, 0.2) is 0 Å². The Morgan fingerprint density at radius 2 is 2.07 bits per heavy atom. The van der Waals surface area contributed by atoms with Crippen molar-refractivity contribution in [3.8, 4) is 5.75 Å². The Morgan fingerprint density at radius 1 is 1.27 bits per heavy atom. The third-order valence-corrected chi connectivity index (χ3v) is 3.11. The van der Waals surface area contributed by atoms with Gasteiger partial charge in [-0.15, -0.1) is 0 Å². The highest BCUT2D eigenvalue weighted by molar-refractivity contribution is 9.10. The normalized spacial score (nSPS) is 10.6. The molecule has 15 heavy (non-hydrogen) atoms. The highest BCUT2D eigenvalue weighted by Gasteiger charge is 2.05. The van der Waals surface area contributed by atoms with E-state index in [2.05, 4.69) is 22.0 Å². The molecule has 2 N–H and O–H groups in total. The zero-order valence-electron chi connectivity index (χ0n) is 8.46. The monoisotopic (exact) mass is 265 g/mol. The van der Waals surface area contributed by atoms with Crippen molar-refractivity contribution in [1.82, 2.24) is 0 Å². The summed E-state index contributed by atoms with van der Waals surface area (Å²) in [6, 6.07) is 10.1. The fourth-order valence-electron chi connectivity index (χ4n) is 1.66. The van der Waals surface area contributed by atoms with Gasteiger partial charge in [-0.1, -0.05) is 28.1 Å². The molecule has 2 aromatic rings. The SMILES string of the molecule is COc1cc(CN)cc2c(Br)cccc12. The van der Waals surface area contributed by atoms with Crippen LogP contribution in [0.1, 0.15) is 5.56 Å². The number of benzene rings is 2. The van der Waals surface area contributed by atoms with Gasteiger partial charge in [0.2, 0.25) is 0 Å². The second-order valence-electron chi connectivity index (χ2n) is 3.34. The molecule has 0 fully saturated rings. The standard InChI is InChI=1S/C12H12BrNO/c1-15-12-6-8(7-14)5-10-9(12)3-2-4-11(10)13/h2-6H,7,14H2,1H3. The molecule has 0 atom stereocenters. The van der Waals surface area contributed by atoms with Crippen LogP contribution in [0.2, 0.25) is 0 Å². The van der Waals surface area contributed by atoms with Crippen molar-refractivity contribution in [3.63, 3.8) is 0 Å². The van der Waals surface area contributed by atoms with Crippen LogP contribution < -0.4 is 10.5 Å². The lowest BCUT2D eigenvalue weighted by atomic mass is 10.1. The largest absolute Gasteiger partial charge is 0.496 e. The van der Waals surface area contributed by atoms with E-state index in [0.717, 1.165) is 26.6 Å². The first-order chi connectivity index (χ1) is 7.26. The highest BCUT2D eigenvalue weighted by Crippen LogP contribution is 2.32. The van der Waals surface area contributed by atoms with E-state index in [1.165, 1.54) is 0 Å². The predicted molar refractivity (Wildman–Crippen MR) is 66.1 cm³/mol. The van der Waals surface area contributed by atoms with Crippen molar-refractivity contribution in [2.75, 3.05) is 7.11 Å². The molecular weight excluding hydrogens is 254 g/mol. The molecule has 0 spiro atoms. The molecule has 0 heterocycles. The van der Waals surface area contributed by atoms with E-state index in [9.17, 15) is 0 Å². The molecule has 2 rings (SSSR count). The lowest BCUT2D eigenvalue weighted by Crippen LogP contribution is -1.97. The average Bonchev–Trinajstić information content (AvgIpc) is 2.28. The number of methoxy groups -OCH3 is 1. The number of hydrogen-bond donors (Lipinski definition) is 1. The maximum Gasteiger partial charge on any atom is 0.127 e. The fourth-order valence-corrected chi connectivity index (χ4v) is 2.14. The Bertz CT molecular complexity index is 496. The minimum atomic E-state index is 0.521. The van der Waals surface area contributed by atoms with Gasteiger partial charge in [-0.3, -0.25) is 0 Å². The molecule has 78 valence electrons. The Kier molecular flexibility index (Phi) is 2.93. The first kappa shape index (κ1) is 10.5. The summed E-state index contributed by atoms with van der Waals surface area (Å²) in [5.41, 5.74) is 6.72. The van der Waals surface area contributed by atoms with Crippen molar-refractivity contribution < 1.29 is 4.74 Å². The van der Waals surface area contributed by atoms with E-state index in [0.29, 0.717) is 6.54 Å². The van der Waals surface area contributed by atoms with Crippen molar-refractivity contribution in [3.05, 3.63) is 40.4 Å². The molecule has 0 saturated heterocycles. The van der Waals surface area contributed by atoms with Crippen molar-refractivity contribution in [2.45, 2.75) is 6.54 Å². The third-order valence-electron chi connectivity index (χ3n) is 2.42. The van der Waals surface area contributed by atoms with Crippen molar-refractivity contribution in [1.29, 1.82) is 0 Å². The predicted octanol–water partition coefficient (Wildman–Crippen LogP) is 3.07. The van der Waals surface area contributed by atoms with E-state index in [1.54, 1.807) is 7.11 Å². The summed E-state index contributed by atoms with van der Waals surface area (Å²) in [6.07, 6.45) is 0. The van der Waals surface area contributed by atoms with Crippen molar-refractivity contribution in [2.24, 2.45) is 5.73 Å². The van der Waals surface area contributed by atoms with Crippen molar-refractivity contribution >= 4 is 26.7 Å². The van der Waals surface area contributed by atoms with Gasteiger partial charge in [-0.05, 0) is 29.1 Å². The summed E-state index contributed by atoms with van der Waals surface area (Å²) in [5, 5.41) is 2.24. The number of ether oxygens (including phenoxy) is 1. The topological polar surface area (TPSA) is 35.2 Å². The van der Waals surface area contributed by atoms with E-state index >= 15 is 0 Å². The Balaban J connectivity index is 2.80. The van der Waals surface area contributed by atoms with E-state index in [-0.39, 0.29) is 0 Å². The molecule has 0 radical (unpaired) electrons. The first-order valence-electron chi connectivity index (χ1n) is 4.71. The van der Waals surface area contributed by atoms with Crippen LogP contribution in [0.4, 0.5) is 0 Å². The zero-order valence-corrected chi connectivity index (χ0v) is 10.0. The summed E-state index contributed by atoms with van der Waals surface area (Å²) in [4.78, 5) is 0. The highest BCUT2D eigenvalue weighted by atomic mass is 79.9. The maximum atomic E-state index is 5.64. The van der Waals surface area contributed by atoms with E-state index < -0.39 is 0 Å². The Morgan fingerprint density at radius 3 is 2.73 bits per heavy atom. The maximum absolute atomic E-state index is 5.64. The third kappa shape index (κ3) is 1.85. The second kappa shape index (κ2) is 4.21. The lowest BCUT2D eigenvalue weighted by molar-refractivity contribution is 0.419. The average molecular weight is 266 g/mol. The molecule has 0 aliphatic heterocycles. The number of fused-ring (bicyclic) bond motifs is 1. The van der Waals surface area contributed by atoms with Crippen LogP contribution in [-0.2, 0) is 6.54 Å². The molecule has 0 saturated carbocycles. The molecule has 3 heteroatoms. The second-order valence-corrected chi connectivity index (χ2v) is 4.19. The van der Waals surface area contributed by atoms with Crippen LogP contribution in [0, 0.1) is 0 Å². The molecule has 0 aromatic heterocycles. The van der Waals surface area contributed by atoms with Gasteiger partial charge in [-0.25, -0.2) is 0 Å². The van der Waals surface area contributed by atoms with Gasteiger partial charge in [0, 0.05) is 16.4 Å². The number of nitrogens with two attached hydrogens (primary N) is 1. The minimum absolute atomic E-state index is 0.521. The van der Waals surface area contributed by atoms with Crippen LogP contribution >= 0.6 is 15.9 Å². The van der Waals surface area contributed by atoms with Gasteiger partial charge in [0.05, 0.1) is 7.11 Å². The van der Waals surface area contributed by atoms with Crippen LogP contribution in [-0.4, -0.2) is 7.11 Å². The summed E-state index contributed by atoms with van der Waals surface area (Å²) in [6.45, 7) is 0.521. The number of hydrogen-bond acceptors (Lipinski definition) is 2. The minimum Gasteiger partial charge on any atom is -0.496 e. The molecule has 0 unspecified atom stereocenters. The fraction of sp³-hybridized carbons (Fsp3) is 0.167. The van der Waals surface area contributed by atoms with Gasteiger partial charge in [-0.2, -0.15) is 0 Å². The Hall–Kier alpha value is -1.06. The van der Waals surface area contributed by atoms with E-state index in [4.69, 9.17) is 10.5 Å². The quantitative estimate of drug-likeness (QED) is 0.906. The lowest BCUT2D eigenvalue weighted by Gasteiger charge is -2.09. The number of rotatable bonds is 2. The van der Waals surface area contributed by atoms with E-state index in [1.807, 2.05) is 24.3 Å². The van der Waals surface area contributed by atoms with Gasteiger partial charge in [0.25, 0.3) is 0 Å². The van der Waals surface area contributed by atoms with Crippen LogP contribution in [0.3, 0.4) is 0 Å². The molecule has 0 amide bonds. The van der Waals surface area contributed by atoms with Crippen LogP contribution in [0.5, 0.6) is 5.75 Å². The summed E-state index contributed by atoms with van der Waals surface area (Å²) >= 11 is 3.53. The molecule has 2 nitrogen and oxygen atoms in total. The summed E-state index contributed by atoms with van der Waals surface area (Å²) in [7, 11) is 1.68. The van der Waals surface area contributed by atoms with Crippen LogP contribution in [0.15, 0.2) is 34.8 Å². The zero-order chi connectivity index (χ0) is 10.8.